The van der Waals surface area contributed by atoms with Gasteiger partial charge in [0.05, 0.1) is 22.1 Å². The number of hydrogen-bond donors (Lipinski definition) is 2. The van der Waals surface area contributed by atoms with E-state index < -0.39 is 23.3 Å². The standard InChI is InChI=1S/C23H15Cl2F2N3O2/c1-12-20(23(32)28-17-9-8-16(26)19(27)22(17)31)29-30(18-10-7-14(24)11-15(18)25)21(12)13-5-3-2-4-6-13/h2-11,31H,1H3,(H,28,32). The van der Waals surface area contributed by atoms with Gasteiger partial charge in [0.25, 0.3) is 5.91 Å². The van der Waals surface area contributed by atoms with E-state index in [2.05, 4.69) is 10.4 Å². The fraction of sp³-hybridized carbons (Fsp3) is 0.0435. The van der Waals surface area contributed by atoms with Crippen molar-refractivity contribution >= 4 is 34.8 Å². The van der Waals surface area contributed by atoms with Gasteiger partial charge >= 0.3 is 0 Å². The van der Waals surface area contributed by atoms with Gasteiger partial charge in [0, 0.05) is 16.1 Å². The molecular weight excluding hydrogens is 459 g/mol. The van der Waals surface area contributed by atoms with E-state index in [0.717, 1.165) is 17.7 Å². The molecule has 1 amide bonds. The Morgan fingerprint density at radius 1 is 1.06 bits per heavy atom. The molecule has 0 atom stereocenters. The van der Waals surface area contributed by atoms with Crippen LogP contribution in [0, 0.1) is 18.6 Å². The van der Waals surface area contributed by atoms with Crippen LogP contribution in [-0.2, 0) is 0 Å². The summed E-state index contributed by atoms with van der Waals surface area (Å²) in [6.45, 7) is 1.70. The van der Waals surface area contributed by atoms with E-state index >= 15 is 0 Å². The summed E-state index contributed by atoms with van der Waals surface area (Å²) in [5, 5.41) is 17.4. The minimum atomic E-state index is -1.46. The molecule has 4 rings (SSSR count). The Kier molecular flexibility index (Phi) is 5.86. The first-order valence-electron chi connectivity index (χ1n) is 9.36. The molecule has 1 heterocycles. The van der Waals surface area contributed by atoms with Crippen LogP contribution in [-0.4, -0.2) is 20.8 Å². The maximum atomic E-state index is 13.7. The molecule has 32 heavy (non-hydrogen) atoms. The highest BCUT2D eigenvalue weighted by atomic mass is 35.5. The Morgan fingerprint density at radius 3 is 2.47 bits per heavy atom. The summed E-state index contributed by atoms with van der Waals surface area (Å²) in [5.41, 5.74) is 2.12. The third-order valence-electron chi connectivity index (χ3n) is 4.84. The number of anilines is 1. The lowest BCUT2D eigenvalue weighted by Crippen LogP contribution is -2.14. The quantitative estimate of drug-likeness (QED) is 0.337. The number of amides is 1. The molecule has 162 valence electrons. The van der Waals surface area contributed by atoms with Crippen LogP contribution in [0.5, 0.6) is 5.75 Å². The smallest absolute Gasteiger partial charge is 0.276 e. The number of phenolic OH excluding ortho intramolecular Hbond substituents is 1. The van der Waals surface area contributed by atoms with Crippen molar-refractivity contribution in [3.8, 4) is 22.7 Å². The lowest BCUT2D eigenvalue weighted by Gasteiger charge is -2.10. The van der Waals surface area contributed by atoms with Gasteiger partial charge < -0.3 is 10.4 Å². The second-order valence-electron chi connectivity index (χ2n) is 6.91. The molecule has 1 aromatic heterocycles. The van der Waals surface area contributed by atoms with Crippen molar-refractivity contribution in [2.45, 2.75) is 6.92 Å². The number of aromatic hydroxyl groups is 1. The summed E-state index contributed by atoms with van der Waals surface area (Å²) in [6, 6.07) is 16.0. The van der Waals surface area contributed by atoms with Crippen LogP contribution >= 0.6 is 23.2 Å². The highest BCUT2D eigenvalue weighted by Gasteiger charge is 2.24. The van der Waals surface area contributed by atoms with E-state index in [1.807, 2.05) is 30.3 Å². The summed E-state index contributed by atoms with van der Waals surface area (Å²) in [4.78, 5) is 13.0. The Bertz CT molecular complexity index is 1340. The van der Waals surface area contributed by atoms with Crippen LogP contribution in [0.2, 0.25) is 10.0 Å². The SMILES string of the molecule is Cc1c(C(=O)Nc2ccc(F)c(F)c2O)nn(-c2ccc(Cl)cc2Cl)c1-c1ccccc1. The molecule has 0 fully saturated rings. The predicted octanol–water partition coefficient (Wildman–Crippen LogP) is 6.39. The third kappa shape index (κ3) is 3.92. The Hall–Kier alpha value is -3.42. The number of nitrogens with zero attached hydrogens (tertiary/aromatic N) is 2. The fourth-order valence-corrected chi connectivity index (χ4v) is 3.78. The molecule has 2 N–H and O–H groups in total. The number of carbonyl (C=O) groups is 1. The molecule has 3 aromatic carbocycles. The molecule has 9 heteroatoms. The van der Waals surface area contributed by atoms with Gasteiger partial charge in [-0.05, 0) is 37.3 Å². The van der Waals surface area contributed by atoms with Crippen LogP contribution in [0.3, 0.4) is 0 Å². The number of aromatic nitrogens is 2. The lowest BCUT2D eigenvalue weighted by molar-refractivity contribution is 0.102. The second-order valence-corrected chi connectivity index (χ2v) is 7.75. The van der Waals surface area contributed by atoms with Crippen molar-refractivity contribution in [3.63, 3.8) is 0 Å². The van der Waals surface area contributed by atoms with Crippen molar-refractivity contribution in [2.24, 2.45) is 0 Å². The number of rotatable bonds is 4. The van der Waals surface area contributed by atoms with E-state index in [1.165, 1.54) is 4.68 Å². The van der Waals surface area contributed by atoms with Gasteiger partial charge in [-0.1, -0.05) is 53.5 Å². The number of phenols is 1. The minimum absolute atomic E-state index is 0.0130. The molecule has 0 spiro atoms. The molecule has 0 saturated carbocycles. The predicted molar refractivity (Wildman–Crippen MR) is 120 cm³/mol. The van der Waals surface area contributed by atoms with Gasteiger partial charge in [-0.25, -0.2) is 9.07 Å². The van der Waals surface area contributed by atoms with Crippen molar-refractivity contribution in [2.75, 3.05) is 5.32 Å². The number of halogens is 4. The zero-order valence-corrected chi connectivity index (χ0v) is 18.0. The topological polar surface area (TPSA) is 67.2 Å². The van der Waals surface area contributed by atoms with E-state index in [0.29, 0.717) is 27.0 Å². The van der Waals surface area contributed by atoms with Gasteiger partial charge in [0.2, 0.25) is 5.82 Å². The summed E-state index contributed by atoms with van der Waals surface area (Å²) in [5.74, 6) is -4.41. The Morgan fingerprint density at radius 2 is 1.78 bits per heavy atom. The monoisotopic (exact) mass is 473 g/mol. The van der Waals surface area contributed by atoms with Crippen molar-refractivity contribution in [1.29, 1.82) is 0 Å². The van der Waals surface area contributed by atoms with Crippen molar-refractivity contribution in [3.05, 3.63) is 93.6 Å². The summed E-state index contributed by atoms with van der Waals surface area (Å²) >= 11 is 12.4. The molecular formula is C23H15Cl2F2N3O2. The first-order chi connectivity index (χ1) is 15.3. The molecule has 0 saturated heterocycles. The largest absolute Gasteiger partial charge is 0.503 e. The Labute approximate surface area is 191 Å². The normalized spacial score (nSPS) is 10.9. The molecule has 0 bridgehead atoms. The molecule has 0 aliphatic heterocycles. The number of hydrogen-bond acceptors (Lipinski definition) is 3. The van der Waals surface area contributed by atoms with Crippen LogP contribution in [0.15, 0.2) is 60.7 Å². The molecule has 0 aliphatic carbocycles. The highest BCUT2D eigenvalue weighted by Crippen LogP contribution is 2.34. The van der Waals surface area contributed by atoms with Gasteiger partial charge in [0.1, 0.15) is 0 Å². The molecule has 0 radical (unpaired) electrons. The first-order valence-corrected chi connectivity index (χ1v) is 10.1. The Balaban J connectivity index is 1.84. The zero-order valence-electron chi connectivity index (χ0n) is 16.5. The molecule has 0 aliphatic rings. The van der Waals surface area contributed by atoms with Crippen molar-refractivity contribution < 1.29 is 18.7 Å². The third-order valence-corrected chi connectivity index (χ3v) is 5.38. The maximum absolute atomic E-state index is 13.7. The van der Waals surface area contributed by atoms with E-state index in [4.69, 9.17) is 23.2 Å². The van der Waals surface area contributed by atoms with Gasteiger partial charge in [-0.2, -0.15) is 9.49 Å². The number of carbonyl (C=O) groups excluding carboxylic acids is 1. The highest BCUT2D eigenvalue weighted by molar-refractivity contribution is 6.35. The van der Waals surface area contributed by atoms with E-state index in [1.54, 1.807) is 25.1 Å². The summed E-state index contributed by atoms with van der Waals surface area (Å²) in [7, 11) is 0. The first kappa shape index (κ1) is 21.8. The average Bonchev–Trinajstić information content (AvgIpc) is 3.11. The van der Waals surface area contributed by atoms with Gasteiger partial charge in [0.15, 0.2) is 17.3 Å². The zero-order chi connectivity index (χ0) is 23.0. The van der Waals surface area contributed by atoms with E-state index in [-0.39, 0.29) is 11.4 Å². The molecule has 4 aromatic rings. The maximum Gasteiger partial charge on any atom is 0.276 e. The summed E-state index contributed by atoms with van der Waals surface area (Å²) in [6.07, 6.45) is 0. The van der Waals surface area contributed by atoms with Gasteiger partial charge in [-0.15, -0.1) is 0 Å². The number of benzene rings is 3. The average molecular weight is 474 g/mol. The second kappa shape index (κ2) is 8.61. The van der Waals surface area contributed by atoms with Crippen LogP contribution < -0.4 is 5.32 Å². The molecule has 5 nitrogen and oxygen atoms in total. The van der Waals surface area contributed by atoms with E-state index in [9.17, 15) is 18.7 Å². The van der Waals surface area contributed by atoms with Crippen LogP contribution in [0.1, 0.15) is 16.1 Å². The fourth-order valence-electron chi connectivity index (χ4n) is 3.30. The van der Waals surface area contributed by atoms with Crippen LogP contribution in [0.25, 0.3) is 16.9 Å². The van der Waals surface area contributed by atoms with Crippen molar-refractivity contribution in [1.82, 2.24) is 9.78 Å². The van der Waals surface area contributed by atoms with Gasteiger partial charge in [-0.3, -0.25) is 4.79 Å². The molecule has 0 unspecified atom stereocenters. The minimum Gasteiger partial charge on any atom is -0.503 e. The number of nitrogens with one attached hydrogen (secondary N) is 1. The summed E-state index contributed by atoms with van der Waals surface area (Å²) < 4.78 is 28.5. The lowest BCUT2D eigenvalue weighted by atomic mass is 10.1. The van der Waals surface area contributed by atoms with Crippen LogP contribution in [0.4, 0.5) is 14.5 Å².